The Balaban J connectivity index is 1.73. The van der Waals surface area contributed by atoms with E-state index < -0.39 is 0 Å². The minimum atomic E-state index is -0.242. The number of ketones is 1. The second-order valence-electron chi connectivity index (χ2n) is 6.46. The van der Waals surface area contributed by atoms with Crippen LogP contribution in [0.15, 0.2) is 42.5 Å². The molecule has 23 heavy (non-hydrogen) atoms. The SMILES string of the molecule is N#Cc1cccc(-c2ccc3c(c2)C(=O)C2(CCOCC2)C3)c1. The molecule has 0 amide bonds. The summed E-state index contributed by atoms with van der Waals surface area (Å²) < 4.78 is 5.44. The summed E-state index contributed by atoms with van der Waals surface area (Å²) in [4.78, 5) is 13.0. The topological polar surface area (TPSA) is 50.1 Å². The summed E-state index contributed by atoms with van der Waals surface area (Å²) in [5.41, 5.74) is 4.37. The first kappa shape index (κ1) is 14.2. The van der Waals surface area contributed by atoms with Crippen molar-refractivity contribution in [3.63, 3.8) is 0 Å². The van der Waals surface area contributed by atoms with Crippen LogP contribution in [-0.2, 0) is 11.2 Å². The standard InChI is InChI=1S/C20H17NO2/c21-13-14-2-1-3-15(10-14)16-4-5-17-12-20(6-8-23-9-7-20)19(22)18(17)11-16/h1-5,10-11H,6-9,12H2. The molecule has 114 valence electrons. The summed E-state index contributed by atoms with van der Waals surface area (Å²) in [5.74, 6) is 0.272. The van der Waals surface area contributed by atoms with E-state index in [1.165, 1.54) is 0 Å². The molecule has 3 heteroatoms. The Morgan fingerprint density at radius 3 is 2.61 bits per heavy atom. The van der Waals surface area contributed by atoms with Crippen molar-refractivity contribution in [2.45, 2.75) is 19.3 Å². The number of carbonyl (C=O) groups is 1. The van der Waals surface area contributed by atoms with Gasteiger partial charge in [0.05, 0.1) is 11.6 Å². The molecule has 0 bridgehead atoms. The van der Waals surface area contributed by atoms with Gasteiger partial charge in [0.15, 0.2) is 5.78 Å². The lowest BCUT2D eigenvalue weighted by atomic mass is 9.77. The smallest absolute Gasteiger partial charge is 0.169 e. The van der Waals surface area contributed by atoms with Crippen molar-refractivity contribution in [2.24, 2.45) is 5.41 Å². The molecular formula is C20H17NO2. The molecule has 0 saturated carbocycles. The second-order valence-corrected chi connectivity index (χ2v) is 6.46. The molecule has 0 aromatic heterocycles. The molecule has 0 unspecified atom stereocenters. The Labute approximate surface area is 135 Å². The first-order valence-electron chi connectivity index (χ1n) is 7.98. The van der Waals surface area contributed by atoms with Gasteiger partial charge >= 0.3 is 0 Å². The van der Waals surface area contributed by atoms with Crippen LogP contribution in [0.25, 0.3) is 11.1 Å². The van der Waals surface area contributed by atoms with Crippen LogP contribution in [-0.4, -0.2) is 19.0 Å². The molecule has 2 aliphatic rings. The van der Waals surface area contributed by atoms with Crippen molar-refractivity contribution in [2.75, 3.05) is 13.2 Å². The van der Waals surface area contributed by atoms with Crippen molar-refractivity contribution in [1.82, 2.24) is 0 Å². The molecule has 1 fully saturated rings. The van der Waals surface area contributed by atoms with Crippen molar-refractivity contribution in [3.05, 3.63) is 59.2 Å². The van der Waals surface area contributed by atoms with E-state index in [4.69, 9.17) is 10.00 Å². The first-order valence-corrected chi connectivity index (χ1v) is 7.98. The molecule has 3 nitrogen and oxygen atoms in total. The lowest BCUT2D eigenvalue weighted by molar-refractivity contribution is 0.0205. The summed E-state index contributed by atoms with van der Waals surface area (Å²) in [7, 11) is 0. The van der Waals surface area contributed by atoms with E-state index in [0.29, 0.717) is 18.8 Å². The van der Waals surface area contributed by atoms with Crippen molar-refractivity contribution < 1.29 is 9.53 Å². The Morgan fingerprint density at radius 2 is 1.83 bits per heavy atom. The van der Waals surface area contributed by atoms with Crippen molar-refractivity contribution in [1.29, 1.82) is 5.26 Å². The number of hydrogen-bond acceptors (Lipinski definition) is 3. The van der Waals surface area contributed by atoms with Gasteiger partial charge in [-0.05, 0) is 54.2 Å². The van der Waals surface area contributed by atoms with Crippen LogP contribution in [0.2, 0.25) is 0 Å². The summed E-state index contributed by atoms with van der Waals surface area (Å²) in [6.45, 7) is 1.35. The maximum atomic E-state index is 13.0. The molecule has 1 heterocycles. The fourth-order valence-electron chi connectivity index (χ4n) is 3.79. The third-order valence-electron chi connectivity index (χ3n) is 5.14. The van der Waals surface area contributed by atoms with E-state index in [-0.39, 0.29) is 11.2 Å². The fraction of sp³-hybridized carbons (Fsp3) is 0.300. The molecule has 1 spiro atoms. The minimum absolute atomic E-state index is 0.242. The summed E-state index contributed by atoms with van der Waals surface area (Å²) in [6, 6.07) is 15.8. The van der Waals surface area contributed by atoms with E-state index in [1.807, 2.05) is 24.3 Å². The number of fused-ring (bicyclic) bond motifs is 1. The third kappa shape index (κ3) is 2.27. The Morgan fingerprint density at radius 1 is 1.04 bits per heavy atom. The van der Waals surface area contributed by atoms with Crippen LogP contribution in [0, 0.1) is 16.7 Å². The summed E-state index contributed by atoms with van der Waals surface area (Å²) >= 11 is 0. The zero-order valence-corrected chi connectivity index (χ0v) is 12.8. The van der Waals surface area contributed by atoms with Gasteiger partial charge in [-0.1, -0.05) is 24.3 Å². The van der Waals surface area contributed by atoms with Crippen LogP contribution in [0.5, 0.6) is 0 Å². The third-order valence-corrected chi connectivity index (χ3v) is 5.14. The monoisotopic (exact) mass is 303 g/mol. The highest BCUT2D eigenvalue weighted by molar-refractivity contribution is 6.05. The van der Waals surface area contributed by atoms with Gasteiger partial charge < -0.3 is 4.74 Å². The quantitative estimate of drug-likeness (QED) is 0.806. The van der Waals surface area contributed by atoms with Gasteiger partial charge in [0.25, 0.3) is 0 Å². The van der Waals surface area contributed by atoms with Gasteiger partial charge in [0.2, 0.25) is 0 Å². The molecule has 0 atom stereocenters. The van der Waals surface area contributed by atoms with Gasteiger partial charge in [0, 0.05) is 24.2 Å². The Hall–Kier alpha value is -2.44. The number of hydrogen-bond donors (Lipinski definition) is 0. The van der Waals surface area contributed by atoms with Crippen LogP contribution in [0.4, 0.5) is 0 Å². The van der Waals surface area contributed by atoms with Gasteiger partial charge in [-0.2, -0.15) is 5.26 Å². The lowest BCUT2D eigenvalue weighted by Crippen LogP contribution is -2.34. The van der Waals surface area contributed by atoms with E-state index in [2.05, 4.69) is 18.2 Å². The van der Waals surface area contributed by atoms with E-state index in [0.717, 1.165) is 41.5 Å². The van der Waals surface area contributed by atoms with Gasteiger partial charge in [-0.3, -0.25) is 4.79 Å². The van der Waals surface area contributed by atoms with Gasteiger partial charge in [0.1, 0.15) is 0 Å². The number of nitriles is 1. The average molecular weight is 303 g/mol. The fourth-order valence-corrected chi connectivity index (χ4v) is 3.79. The van der Waals surface area contributed by atoms with Crippen LogP contribution < -0.4 is 0 Å². The van der Waals surface area contributed by atoms with Gasteiger partial charge in [-0.25, -0.2) is 0 Å². The molecule has 0 N–H and O–H groups in total. The number of nitrogens with zero attached hydrogens (tertiary/aromatic N) is 1. The van der Waals surface area contributed by atoms with E-state index >= 15 is 0 Å². The van der Waals surface area contributed by atoms with Crippen molar-refractivity contribution >= 4 is 5.78 Å². The molecule has 2 aromatic carbocycles. The first-order chi connectivity index (χ1) is 11.2. The molecule has 0 radical (unpaired) electrons. The molecule has 1 aliphatic heterocycles. The predicted octanol–water partition coefficient (Wildman–Crippen LogP) is 3.76. The zero-order valence-electron chi connectivity index (χ0n) is 12.8. The van der Waals surface area contributed by atoms with Crippen LogP contribution in [0.1, 0.15) is 34.3 Å². The van der Waals surface area contributed by atoms with Crippen LogP contribution in [0.3, 0.4) is 0 Å². The van der Waals surface area contributed by atoms with Crippen molar-refractivity contribution in [3.8, 4) is 17.2 Å². The number of ether oxygens (including phenoxy) is 1. The number of Topliss-reactive ketones (excluding diaryl/α,β-unsaturated/α-hetero) is 1. The largest absolute Gasteiger partial charge is 0.381 e. The zero-order chi connectivity index (χ0) is 15.9. The lowest BCUT2D eigenvalue weighted by Gasteiger charge is -2.31. The minimum Gasteiger partial charge on any atom is -0.381 e. The Kier molecular flexibility index (Phi) is 3.28. The predicted molar refractivity (Wildman–Crippen MR) is 87.1 cm³/mol. The van der Waals surface area contributed by atoms with Gasteiger partial charge in [-0.15, -0.1) is 0 Å². The highest BCUT2D eigenvalue weighted by Crippen LogP contribution is 2.44. The number of benzene rings is 2. The molecule has 4 rings (SSSR count). The highest BCUT2D eigenvalue weighted by atomic mass is 16.5. The molecule has 1 saturated heterocycles. The normalized spacial score (nSPS) is 18.7. The summed E-state index contributed by atoms with van der Waals surface area (Å²) in [5, 5.41) is 9.06. The number of rotatable bonds is 1. The van der Waals surface area contributed by atoms with Crippen LogP contribution >= 0.6 is 0 Å². The highest BCUT2D eigenvalue weighted by Gasteiger charge is 2.46. The maximum absolute atomic E-state index is 13.0. The second kappa shape index (κ2) is 5.33. The maximum Gasteiger partial charge on any atom is 0.169 e. The molecule has 2 aromatic rings. The average Bonchev–Trinajstić information content (AvgIpc) is 2.87. The van der Waals surface area contributed by atoms with E-state index in [9.17, 15) is 4.79 Å². The number of carbonyl (C=O) groups excluding carboxylic acids is 1. The Bertz CT molecular complexity index is 826. The molecule has 1 aliphatic carbocycles. The summed E-state index contributed by atoms with van der Waals surface area (Å²) in [6.07, 6.45) is 2.47. The molecular weight excluding hydrogens is 286 g/mol. The van der Waals surface area contributed by atoms with E-state index in [1.54, 1.807) is 6.07 Å².